The number of aromatic nitrogens is 2. The summed E-state index contributed by atoms with van der Waals surface area (Å²) in [5.41, 5.74) is 1.47. The van der Waals surface area contributed by atoms with Crippen molar-refractivity contribution >= 4 is 29.4 Å². The average molecular weight is 448 g/mol. The average Bonchev–Trinajstić information content (AvgIpc) is 3.44. The highest BCUT2D eigenvalue weighted by molar-refractivity contribution is 8.00. The molecule has 1 amide bonds. The molecular formula is C21H25N3O4S2. The minimum absolute atomic E-state index is 0.0751. The molecule has 0 unspecified atom stereocenters. The van der Waals surface area contributed by atoms with Crippen LogP contribution in [0.2, 0.25) is 0 Å². The molecule has 2 aliphatic heterocycles. The number of hydrogen-bond acceptors (Lipinski definition) is 7. The van der Waals surface area contributed by atoms with Gasteiger partial charge in [-0.15, -0.1) is 11.8 Å². The van der Waals surface area contributed by atoms with E-state index in [1.807, 2.05) is 31.2 Å². The Balaban J connectivity index is 1.53. The highest BCUT2D eigenvalue weighted by Crippen LogP contribution is 2.30. The predicted octanol–water partition coefficient (Wildman–Crippen LogP) is 2.67. The molecule has 2 aliphatic rings. The van der Waals surface area contributed by atoms with Crippen LogP contribution in [-0.4, -0.2) is 52.8 Å². The number of thioether (sulfide) groups is 2. The largest absolute Gasteiger partial charge is 0.494 e. The third kappa shape index (κ3) is 4.84. The Kier molecular flexibility index (Phi) is 7.01. The maximum absolute atomic E-state index is 13.2. The van der Waals surface area contributed by atoms with Crippen molar-refractivity contribution in [3.63, 3.8) is 0 Å². The molecule has 0 spiro atoms. The molecule has 7 nitrogen and oxygen atoms in total. The molecule has 1 fully saturated rings. The Hall–Kier alpha value is -1.97. The van der Waals surface area contributed by atoms with E-state index in [0.717, 1.165) is 43.1 Å². The Labute approximate surface area is 183 Å². The lowest BCUT2D eigenvalue weighted by atomic mass is 10.2. The minimum Gasteiger partial charge on any atom is -0.494 e. The summed E-state index contributed by atoms with van der Waals surface area (Å²) in [6.07, 6.45) is 2.91. The van der Waals surface area contributed by atoms with Gasteiger partial charge >= 0.3 is 0 Å². The number of rotatable bonds is 8. The van der Waals surface area contributed by atoms with Gasteiger partial charge in [0.05, 0.1) is 34.7 Å². The van der Waals surface area contributed by atoms with Crippen molar-refractivity contribution in [3.8, 4) is 11.4 Å². The van der Waals surface area contributed by atoms with Gasteiger partial charge < -0.3 is 14.8 Å². The van der Waals surface area contributed by atoms with E-state index in [4.69, 9.17) is 14.5 Å². The fraction of sp³-hybridized carbons (Fsp3) is 0.476. The Morgan fingerprint density at radius 3 is 2.97 bits per heavy atom. The lowest BCUT2D eigenvalue weighted by Gasteiger charge is -2.15. The Morgan fingerprint density at radius 1 is 1.40 bits per heavy atom. The molecule has 4 rings (SSSR count). The first-order valence-electron chi connectivity index (χ1n) is 10.2. The predicted molar refractivity (Wildman–Crippen MR) is 118 cm³/mol. The number of amides is 1. The first kappa shape index (κ1) is 21.3. The number of carbonyl (C=O) groups is 1. The molecule has 2 aromatic rings. The minimum atomic E-state index is -0.0853. The second kappa shape index (κ2) is 9.89. The van der Waals surface area contributed by atoms with Gasteiger partial charge in [0.25, 0.3) is 5.56 Å². The number of ether oxygens (including phenoxy) is 2. The van der Waals surface area contributed by atoms with Gasteiger partial charge in [0, 0.05) is 25.3 Å². The molecule has 1 atom stereocenters. The van der Waals surface area contributed by atoms with E-state index in [-0.39, 0.29) is 23.3 Å². The molecule has 1 saturated heterocycles. The zero-order valence-electron chi connectivity index (χ0n) is 16.9. The third-order valence-corrected chi connectivity index (χ3v) is 7.00. The van der Waals surface area contributed by atoms with Gasteiger partial charge in [-0.1, -0.05) is 11.8 Å². The van der Waals surface area contributed by atoms with E-state index in [1.165, 1.54) is 11.8 Å². The van der Waals surface area contributed by atoms with Gasteiger partial charge in [0.2, 0.25) is 5.91 Å². The van der Waals surface area contributed by atoms with Crippen LogP contribution in [-0.2, 0) is 16.0 Å². The van der Waals surface area contributed by atoms with Crippen LogP contribution in [0.1, 0.15) is 25.5 Å². The summed E-state index contributed by atoms with van der Waals surface area (Å²) >= 11 is 2.83. The van der Waals surface area contributed by atoms with Crippen molar-refractivity contribution < 1.29 is 14.3 Å². The molecule has 0 saturated carbocycles. The molecule has 3 heterocycles. The zero-order chi connectivity index (χ0) is 20.9. The standard InChI is InChI=1S/C21H25N3O4S2/c1-2-27-15-7-5-14(6-8-15)24-20(26)19-17(9-11-29-19)23-21(24)30-13-18(25)22-12-16-4-3-10-28-16/h5-8,16H,2-4,9-13H2,1H3,(H,22,25)/t16-/m0/s1. The molecule has 1 aromatic heterocycles. The lowest BCUT2D eigenvalue weighted by molar-refractivity contribution is -0.119. The van der Waals surface area contributed by atoms with E-state index >= 15 is 0 Å². The molecule has 30 heavy (non-hydrogen) atoms. The number of benzene rings is 1. The molecule has 0 radical (unpaired) electrons. The number of aryl methyl sites for hydroxylation is 1. The first-order valence-corrected chi connectivity index (χ1v) is 12.2. The van der Waals surface area contributed by atoms with E-state index in [9.17, 15) is 9.59 Å². The van der Waals surface area contributed by atoms with Gasteiger partial charge in [-0.2, -0.15) is 0 Å². The van der Waals surface area contributed by atoms with Crippen LogP contribution in [0.4, 0.5) is 0 Å². The van der Waals surface area contributed by atoms with Crippen molar-refractivity contribution in [2.45, 2.75) is 42.3 Å². The van der Waals surface area contributed by atoms with Crippen LogP contribution in [0, 0.1) is 0 Å². The van der Waals surface area contributed by atoms with Crippen molar-refractivity contribution in [2.75, 3.05) is 31.3 Å². The Morgan fingerprint density at radius 2 is 2.23 bits per heavy atom. The number of hydrogen-bond donors (Lipinski definition) is 1. The van der Waals surface area contributed by atoms with Crippen LogP contribution in [0.5, 0.6) is 5.75 Å². The summed E-state index contributed by atoms with van der Waals surface area (Å²) in [6, 6.07) is 7.38. The van der Waals surface area contributed by atoms with E-state index in [1.54, 1.807) is 16.3 Å². The van der Waals surface area contributed by atoms with Gasteiger partial charge in [0.15, 0.2) is 5.16 Å². The summed E-state index contributed by atoms with van der Waals surface area (Å²) < 4.78 is 12.7. The van der Waals surface area contributed by atoms with Gasteiger partial charge in [-0.25, -0.2) is 4.98 Å². The van der Waals surface area contributed by atoms with Crippen LogP contribution in [0.3, 0.4) is 0 Å². The SMILES string of the molecule is CCOc1ccc(-n2c(SCC(=O)NC[C@@H]3CCCO3)nc3c(c2=O)SCC3)cc1. The van der Waals surface area contributed by atoms with E-state index < -0.39 is 0 Å². The van der Waals surface area contributed by atoms with Crippen molar-refractivity contribution in [3.05, 3.63) is 40.3 Å². The van der Waals surface area contributed by atoms with Crippen LogP contribution in [0.15, 0.2) is 39.1 Å². The van der Waals surface area contributed by atoms with E-state index in [2.05, 4.69) is 5.32 Å². The second-order valence-electron chi connectivity index (χ2n) is 7.06. The van der Waals surface area contributed by atoms with Crippen molar-refractivity contribution in [1.29, 1.82) is 0 Å². The number of fused-ring (bicyclic) bond motifs is 1. The fourth-order valence-electron chi connectivity index (χ4n) is 3.49. The van der Waals surface area contributed by atoms with Gasteiger partial charge in [-0.05, 0) is 44.0 Å². The van der Waals surface area contributed by atoms with Crippen LogP contribution in [0.25, 0.3) is 5.69 Å². The monoisotopic (exact) mass is 447 g/mol. The molecule has 9 heteroatoms. The first-order chi connectivity index (χ1) is 14.7. The van der Waals surface area contributed by atoms with Crippen LogP contribution >= 0.6 is 23.5 Å². The molecular weight excluding hydrogens is 422 g/mol. The molecule has 0 aliphatic carbocycles. The maximum atomic E-state index is 13.2. The summed E-state index contributed by atoms with van der Waals surface area (Å²) in [4.78, 5) is 30.9. The lowest BCUT2D eigenvalue weighted by Crippen LogP contribution is -2.33. The Bertz CT molecular complexity index is 956. The topological polar surface area (TPSA) is 82.4 Å². The highest BCUT2D eigenvalue weighted by atomic mass is 32.2. The smallest absolute Gasteiger partial charge is 0.272 e. The second-order valence-corrected chi connectivity index (χ2v) is 9.11. The van der Waals surface area contributed by atoms with Crippen molar-refractivity contribution in [1.82, 2.24) is 14.9 Å². The molecule has 160 valence electrons. The number of nitrogens with zero attached hydrogens (tertiary/aromatic N) is 2. The van der Waals surface area contributed by atoms with E-state index in [0.29, 0.717) is 28.9 Å². The summed E-state index contributed by atoms with van der Waals surface area (Å²) in [5.74, 6) is 1.72. The summed E-state index contributed by atoms with van der Waals surface area (Å²) in [7, 11) is 0. The maximum Gasteiger partial charge on any atom is 0.272 e. The quantitative estimate of drug-likeness (QED) is 0.492. The summed E-state index contributed by atoms with van der Waals surface area (Å²) in [6.45, 7) is 3.80. The van der Waals surface area contributed by atoms with Crippen LogP contribution < -0.4 is 15.6 Å². The van der Waals surface area contributed by atoms with Crippen molar-refractivity contribution in [2.24, 2.45) is 0 Å². The third-order valence-electron chi connectivity index (χ3n) is 4.96. The molecule has 1 N–H and O–H groups in total. The number of nitrogens with one attached hydrogen (secondary N) is 1. The normalized spacial score (nSPS) is 17.7. The molecule has 1 aromatic carbocycles. The zero-order valence-corrected chi connectivity index (χ0v) is 18.5. The van der Waals surface area contributed by atoms with Gasteiger partial charge in [0.1, 0.15) is 5.75 Å². The summed E-state index contributed by atoms with van der Waals surface area (Å²) in [5, 5.41) is 3.46. The fourth-order valence-corrected chi connectivity index (χ4v) is 5.37. The molecule has 0 bridgehead atoms. The highest BCUT2D eigenvalue weighted by Gasteiger charge is 2.23. The number of carbonyl (C=O) groups excluding carboxylic acids is 1. The van der Waals surface area contributed by atoms with Gasteiger partial charge in [-0.3, -0.25) is 14.2 Å².